The van der Waals surface area contributed by atoms with Gasteiger partial charge in [0.15, 0.2) is 0 Å². The topological polar surface area (TPSA) is 44.4 Å². The second-order valence-corrected chi connectivity index (χ2v) is 6.65. The standard InChI is InChI=1S/C15H29N3O/c1-5-6-7-17-14(19)11(2)18-10-12-8-16-9-13(12)15(18,3)4/h11-13,16H,5-10H2,1-4H3,(H,17,19). The van der Waals surface area contributed by atoms with Gasteiger partial charge in [-0.3, -0.25) is 9.69 Å². The molecule has 4 nitrogen and oxygen atoms in total. The Kier molecular flexibility index (Phi) is 4.51. The molecule has 2 rings (SSSR count). The number of nitrogens with one attached hydrogen (secondary N) is 2. The van der Waals surface area contributed by atoms with E-state index in [1.807, 2.05) is 0 Å². The Morgan fingerprint density at radius 2 is 2.21 bits per heavy atom. The summed E-state index contributed by atoms with van der Waals surface area (Å²) in [5.74, 6) is 1.58. The number of unbranched alkanes of at least 4 members (excludes halogenated alkanes) is 1. The van der Waals surface area contributed by atoms with Crippen LogP contribution in [0.2, 0.25) is 0 Å². The van der Waals surface area contributed by atoms with Gasteiger partial charge in [0, 0.05) is 25.2 Å². The van der Waals surface area contributed by atoms with Gasteiger partial charge in [0.05, 0.1) is 6.04 Å². The Hall–Kier alpha value is -0.610. The Morgan fingerprint density at radius 3 is 2.84 bits per heavy atom. The van der Waals surface area contributed by atoms with Gasteiger partial charge in [0.2, 0.25) is 5.91 Å². The van der Waals surface area contributed by atoms with Crippen molar-refractivity contribution in [3.05, 3.63) is 0 Å². The van der Waals surface area contributed by atoms with E-state index >= 15 is 0 Å². The average molecular weight is 267 g/mol. The highest BCUT2D eigenvalue weighted by molar-refractivity contribution is 5.81. The monoisotopic (exact) mass is 267 g/mol. The van der Waals surface area contributed by atoms with Crippen LogP contribution in [0.4, 0.5) is 0 Å². The number of carbonyl (C=O) groups is 1. The van der Waals surface area contributed by atoms with Crippen molar-refractivity contribution in [2.24, 2.45) is 11.8 Å². The van der Waals surface area contributed by atoms with Gasteiger partial charge in [0.25, 0.3) is 0 Å². The minimum Gasteiger partial charge on any atom is -0.355 e. The van der Waals surface area contributed by atoms with Gasteiger partial charge < -0.3 is 10.6 Å². The molecule has 1 amide bonds. The molecule has 3 unspecified atom stereocenters. The molecule has 19 heavy (non-hydrogen) atoms. The highest BCUT2D eigenvalue weighted by atomic mass is 16.2. The van der Waals surface area contributed by atoms with Crippen molar-refractivity contribution in [1.29, 1.82) is 0 Å². The van der Waals surface area contributed by atoms with Crippen molar-refractivity contribution < 1.29 is 4.79 Å². The second kappa shape index (κ2) is 5.80. The third kappa shape index (κ3) is 2.79. The lowest BCUT2D eigenvalue weighted by Crippen LogP contribution is -2.54. The van der Waals surface area contributed by atoms with Crippen LogP contribution in [0.3, 0.4) is 0 Å². The summed E-state index contributed by atoms with van der Waals surface area (Å²) in [6.07, 6.45) is 2.19. The summed E-state index contributed by atoms with van der Waals surface area (Å²) in [5, 5.41) is 6.55. The molecule has 3 atom stereocenters. The molecular formula is C15H29N3O. The number of nitrogens with zero attached hydrogens (tertiary/aromatic N) is 1. The molecule has 2 N–H and O–H groups in total. The molecule has 0 bridgehead atoms. The minimum atomic E-state index is -0.0162. The smallest absolute Gasteiger partial charge is 0.237 e. The summed E-state index contributed by atoms with van der Waals surface area (Å²) < 4.78 is 0. The number of likely N-dealkylation sites (tertiary alicyclic amines) is 1. The van der Waals surface area contributed by atoms with Crippen LogP contribution in [0.15, 0.2) is 0 Å². The molecule has 2 fully saturated rings. The molecule has 0 spiro atoms. The Balaban J connectivity index is 1.95. The van der Waals surface area contributed by atoms with Gasteiger partial charge in [-0.05, 0) is 45.6 Å². The van der Waals surface area contributed by atoms with E-state index in [9.17, 15) is 4.79 Å². The fraction of sp³-hybridized carbons (Fsp3) is 0.933. The predicted octanol–water partition coefficient (Wildman–Crippen LogP) is 1.22. The van der Waals surface area contributed by atoms with Gasteiger partial charge in [-0.2, -0.15) is 0 Å². The van der Waals surface area contributed by atoms with E-state index in [4.69, 9.17) is 0 Å². The maximum Gasteiger partial charge on any atom is 0.237 e. The summed E-state index contributed by atoms with van der Waals surface area (Å²) in [6, 6.07) is -0.0162. The fourth-order valence-electron chi connectivity index (χ4n) is 3.79. The first-order valence-corrected chi connectivity index (χ1v) is 7.73. The van der Waals surface area contributed by atoms with E-state index in [1.165, 1.54) is 0 Å². The van der Waals surface area contributed by atoms with Crippen molar-refractivity contribution in [1.82, 2.24) is 15.5 Å². The van der Waals surface area contributed by atoms with Crippen molar-refractivity contribution >= 4 is 5.91 Å². The van der Waals surface area contributed by atoms with E-state index in [0.717, 1.165) is 39.0 Å². The molecule has 0 aromatic rings. The number of amides is 1. The third-order valence-electron chi connectivity index (χ3n) is 5.10. The van der Waals surface area contributed by atoms with Crippen LogP contribution >= 0.6 is 0 Å². The van der Waals surface area contributed by atoms with Crippen LogP contribution < -0.4 is 10.6 Å². The lowest BCUT2D eigenvalue weighted by atomic mass is 9.84. The predicted molar refractivity (Wildman–Crippen MR) is 78.0 cm³/mol. The molecule has 2 saturated heterocycles. The highest BCUT2D eigenvalue weighted by Crippen LogP contribution is 2.41. The lowest BCUT2D eigenvalue weighted by molar-refractivity contribution is -0.127. The van der Waals surface area contributed by atoms with Crippen LogP contribution in [0, 0.1) is 11.8 Å². The maximum absolute atomic E-state index is 12.2. The molecule has 4 heteroatoms. The molecule has 0 radical (unpaired) electrons. The summed E-state index contributed by atoms with van der Waals surface area (Å²) in [5.41, 5.74) is 0.121. The average Bonchev–Trinajstić information content (AvgIpc) is 2.91. The number of hydrogen-bond donors (Lipinski definition) is 2. The first kappa shape index (κ1) is 14.8. The molecule has 2 aliphatic rings. The molecule has 0 aromatic heterocycles. The Labute approximate surface area is 117 Å². The zero-order valence-electron chi connectivity index (χ0n) is 12.8. The SMILES string of the molecule is CCCCNC(=O)C(C)N1CC2CNCC2C1(C)C. The van der Waals surface area contributed by atoms with Crippen molar-refractivity contribution in [2.45, 2.75) is 52.1 Å². The van der Waals surface area contributed by atoms with E-state index < -0.39 is 0 Å². The molecule has 110 valence electrons. The molecule has 0 saturated carbocycles. The van der Waals surface area contributed by atoms with E-state index in [0.29, 0.717) is 11.8 Å². The maximum atomic E-state index is 12.2. The third-order valence-corrected chi connectivity index (χ3v) is 5.10. The quantitative estimate of drug-likeness (QED) is 0.736. The summed E-state index contributed by atoms with van der Waals surface area (Å²) in [4.78, 5) is 14.7. The molecule has 2 heterocycles. The summed E-state index contributed by atoms with van der Waals surface area (Å²) >= 11 is 0. The van der Waals surface area contributed by atoms with Crippen LogP contribution in [0.5, 0.6) is 0 Å². The van der Waals surface area contributed by atoms with Crippen LogP contribution in [-0.2, 0) is 4.79 Å². The lowest BCUT2D eigenvalue weighted by Gasteiger charge is -2.39. The number of rotatable bonds is 5. The normalized spacial score (nSPS) is 31.2. The van der Waals surface area contributed by atoms with Gasteiger partial charge in [-0.1, -0.05) is 13.3 Å². The molecule has 0 aromatic carbocycles. The van der Waals surface area contributed by atoms with Gasteiger partial charge in [-0.15, -0.1) is 0 Å². The number of hydrogen-bond acceptors (Lipinski definition) is 3. The van der Waals surface area contributed by atoms with E-state index in [2.05, 4.69) is 43.2 Å². The van der Waals surface area contributed by atoms with Crippen molar-refractivity contribution in [3.63, 3.8) is 0 Å². The fourth-order valence-corrected chi connectivity index (χ4v) is 3.79. The zero-order chi connectivity index (χ0) is 14.0. The van der Waals surface area contributed by atoms with Gasteiger partial charge in [0.1, 0.15) is 0 Å². The molecule has 0 aliphatic carbocycles. The van der Waals surface area contributed by atoms with E-state index in [1.54, 1.807) is 0 Å². The first-order valence-electron chi connectivity index (χ1n) is 7.73. The van der Waals surface area contributed by atoms with Crippen LogP contribution in [0.1, 0.15) is 40.5 Å². The first-order chi connectivity index (χ1) is 8.98. The van der Waals surface area contributed by atoms with Gasteiger partial charge >= 0.3 is 0 Å². The van der Waals surface area contributed by atoms with Gasteiger partial charge in [-0.25, -0.2) is 0 Å². The highest BCUT2D eigenvalue weighted by Gasteiger charge is 2.51. The summed E-state index contributed by atoms with van der Waals surface area (Å²) in [6.45, 7) is 12.8. The Morgan fingerprint density at radius 1 is 1.47 bits per heavy atom. The summed E-state index contributed by atoms with van der Waals surface area (Å²) in [7, 11) is 0. The largest absolute Gasteiger partial charge is 0.355 e. The number of fused-ring (bicyclic) bond motifs is 1. The van der Waals surface area contributed by atoms with Crippen molar-refractivity contribution in [3.8, 4) is 0 Å². The Bertz CT molecular complexity index is 329. The van der Waals surface area contributed by atoms with Crippen LogP contribution in [-0.4, -0.2) is 48.6 Å². The zero-order valence-corrected chi connectivity index (χ0v) is 12.8. The van der Waals surface area contributed by atoms with E-state index in [-0.39, 0.29) is 17.5 Å². The van der Waals surface area contributed by atoms with Crippen LogP contribution in [0.25, 0.3) is 0 Å². The molecule has 2 aliphatic heterocycles. The second-order valence-electron chi connectivity index (χ2n) is 6.65. The minimum absolute atomic E-state index is 0.0162. The van der Waals surface area contributed by atoms with Crippen molar-refractivity contribution in [2.75, 3.05) is 26.2 Å². The number of carbonyl (C=O) groups excluding carboxylic acids is 1. The molecular weight excluding hydrogens is 238 g/mol.